The van der Waals surface area contributed by atoms with Crippen LogP contribution in [0.1, 0.15) is 24.0 Å². The molecule has 1 amide bonds. The lowest BCUT2D eigenvalue weighted by atomic mass is 9.79. The van der Waals surface area contributed by atoms with E-state index in [0.29, 0.717) is 39.1 Å². The summed E-state index contributed by atoms with van der Waals surface area (Å²) < 4.78 is 5.32. The fourth-order valence-corrected chi connectivity index (χ4v) is 2.46. The molecule has 5 heteroatoms. The Morgan fingerprint density at radius 3 is 2.60 bits per heavy atom. The smallest absolute Gasteiger partial charge is 0.227 e. The van der Waals surface area contributed by atoms with Gasteiger partial charge in [-0.15, -0.1) is 12.4 Å². The Bertz CT molecular complexity index is 445. The van der Waals surface area contributed by atoms with E-state index >= 15 is 0 Å². The molecule has 1 saturated heterocycles. The number of nitrogens with two attached hydrogens (primary N) is 1. The van der Waals surface area contributed by atoms with Gasteiger partial charge in [-0.1, -0.05) is 24.3 Å². The Balaban J connectivity index is 0.00000200. The summed E-state index contributed by atoms with van der Waals surface area (Å²) in [5, 5.41) is 3.03. The number of carbonyl (C=O) groups excluding carboxylic acids is 1. The number of hydrogen-bond donors (Lipinski definition) is 2. The molecular formula is C15H23ClN2O2. The first-order chi connectivity index (χ1) is 9.18. The zero-order chi connectivity index (χ0) is 13.7. The Morgan fingerprint density at radius 2 is 2.00 bits per heavy atom. The van der Waals surface area contributed by atoms with Gasteiger partial charge in [-0.3, -0.25) is 4.79 Å². The average molecular weight is 299 g/mol. The van der Waals surface area contributed by atoms with Crippen LogP contribution in [0.4, 0.5) is 0 Å². The van der Waals surface area contributed by atoms with E-state index in [0.717, 1.165) is 5.56 Å². The Morgan fingerprint density at radius 1 is 1.35 bits per heavy atom. The quantitative estimate of drug-likeness (QED) is 0.891. The van der Waals surface area contributed by atoms with Crippen LogP contribution in [0, 0.1) is 12.3 Å². The number of benzene rings is 1. The molecule has 1 aromatic rings. The van der Waals surface area contributed by atoms with E-state index in [1.807, 2.05) is 18.2 Å². The summed E-state index contributed by atoms with van der Waals surface area (Å²) in [6, 6.07) is 8.07. The molecule has 1 aromatic carbocycles. The maximum Gasteiger partial charge on any atom is 0.227 e. The fraction of sp³-hybridized carbons (Fsp3) is 0.533. The number of ether oxygens (including phenoxy) is 1. The van der Waals surface area contributed by atoms with Crippen LogP contribution < -0.4 is 11.1 Å². The maximum absolute atomic E-state index is 12.4. The lowest BCUT2D eigenvalue weighted by Crippen LogP contribution is -2.49. The third-order valence-electron chi connectivity index (χ3n) is 4.02. The van der Waals surface area contributed by atoms with Crippen molar-refractivity contribution in [1.29, 1.82) is 0 Å². The van der Waals surface area contributed by atoms with Crippen LogP contribution >= 0.6 is 12.4 Å². The van der Waals surface area contributed by atoms with Crippen LogP contribution in [0.2, 0.25) is 0 Å². The van der Waals surface area contributed by atoms with E-state index in [9.17, 15) is 4.79 Å². The second-order valence-corrected chi connectivity index (χ2v) is 5.21. The van der Waals surface area contributed by atoms with E-state index in [4.69, 9.17) is 10.5 Å². The van der Waals surface area contributed by atoms with Crippen LogP contribution in [0.3, 0.4) is 0 Å². The minimum absolute atomic E-state index is 0. The molecule has 0 radical (unpaired) electrons. The average Bonchev–Trinajstić information content (AvgIpc) is 2.46. The number of carbonyl (C=O) groups is 1. The molecule has 0 spiro atoms. The van der Waals surface area contributed by atoms with E-state index in [2.05, 4.69) is 18.3 Å². The molecule has 1 heterocycles. The third-order valence-corrected chi connectivity index (χ3v) is 4.02. The molecule has 1 aliphatic rings. The Kier molecular flexibility index (Phi) is 6.46. The monoisotopic (exact) mass is 298 g/mol. The summed E-state index contributed by atoms with van der Waals surface area (Å²) in [4.78, 5) is 12.4. The summed E-state index contributed by atoms with van der Waals surface area (Å²) in [5.41, 5.74) is 7.72. The molecule has 1 aliphatic heterocycles. The van der Waals surface area contributed by atoms with Gasteiger partial charge in [0.1, 0.15) is 0 Å². The molecule has 2 rings (SSSR count). The molecule has 112 valence electrons. The SMILES string of the molecule is Cc1ccccc1CNC(=O)C1(CN)CCOCC1.Cl. The number of rotatable bonds is 4. The molecule has 0 unspecified atom stereocenters. The first kappa shape index (κ1) is 17.0. The molecule has 20 heavy (non-hydrogen) atoms. The van der Waals surface area contributed by atoms with Gasteiger partial charge in [-0.05, 0) is 30.9 Å². The third kappa shape index (κ3) is 3.72. The minimum atomic E-state index is -0.444. The highest BCUT2D eigenvalue weighted by molar-refractivity contribution is 5.85. The van der Waals surface area contributed by atoms with Crippen LogP contribution in [0.25, 0.3) is 0 Å². The van der Waals surface area contributed by atoms with E-state index in [1.54, 1.807) is 0 Å². The van der Waals surface area contributed by atoms with Gasteiger partial charge < -0.3 is 15.8 Å². The highest BCUT2D eigenvalue weighted by Gasteiger charge is 2.38. The van der Waals surface area contributed by atoms with Crippen LogP contribution in [0.15, 0.2) is 24.3 Å². The number of nitrogens with one attached hydrogen (secondary N) is 1. The van der Waals surface area contributed by atoms with Gasteiger partial charge >= 0.3 is 0 Å². The van der Waals surface area contributed by atoms with Gasteiger partial charge in [0.15, 0.2) is 0 Å². The van der Waals surface area contributed by atoms with E-state index < -0.39 is 5.41 Å². The molecule has 0 saturated carbocycles. The number of aryl methyl sites for hydroxylation is 1. The van der Waals surface area contributed by atoms with E-state index in [1.165, 1.54) is 5.56 Å². The number of hydrogen-bond acceptors (Lipinski definition) is 3. The number of halogens is 1. The first-order valence-electron chi connectivity index (χ1n) is 6.78. The second kappa shape index (κ2) is 7.62. The molecule has 0 aliphatic carbocycles. The first-order valence-corrected chi connectivity index (χ1v) is 6.78. The molecule has 1 fully saturated rings. The molecule has 4 nitrogen and oxygen atoms in total. The standard InChI is InChI=1S/C15H22N2O2.ClH/c1-12-4-2-3-5-13(12)10-17-14(18)15(11-16)6-8-19-9-7-15;/h2-5H,6-11,16H2,1H3,(H,17,18);1H. The number of amides is 1. The van der Waals surface area contributed by atoms with Crippen molar-refractivity contribution in [2.75, 3.05) is 19.8 Å². The maximum atomic E-state index is 12.4. The van der Waals surface area contributed by atoms with Gasteiger partial charge in [0, 0.05) is 26.3 Å². The Hall–Kier alpha value is -1.10. The zero-order valence-electron chi connectivity index (χ0n) is 11.9. The lowest BCUT2D eigenvalue weighted by Gasteiger charge is -2.34. The summed E-state index contributed by atoms with van der Waals surface area (Å²) in [6.45, 7) is 4.24. The summed E-state index contributed by atoms with van der Waals surface area (Å²) in [7, 11) is 0. The molecular weight excluding hydrogens is 276 g/mol. The van der Waals surface area contributed by atoms with Crippen LogP contribution in [0.5, 0.6) is 0 Å². The molecule has 0 bridgehead atoms. The fourth-order valence-electron chi connectivity index (χ4n) is 2.46. The van der Waals surface area contributed by atoms with Crippen molar-refractivity contribution in [3.63, 3.8) is 0 Å². The van der Waals surface area contributed by atoms with E-state index in [-0.39, 0.29) is 18.3 Å². The van der Waals surface area contributed by atoms with Crippen molar-refractivity contribution in [1.82, 2.24) is 5.32 Å². The van der Waals surface area contributed by atoms with Crippen molar-refractivity contribution < 1.29 is 9.53 Å². The topological polar surface area (TPSA) is 64.4 Å². The minimum Gasteiger partial charge on any atom is -0.381 e. The summed E-state index contributed by atoms with van der Waals surface area (Å²) in [6.07, 6.45) is 1.42. The van der Waals surface area contributed by atoms with Gasteiger partial charge in [0.05, 0.1) is 5.41 Å². The van der Waals surface area contributed by atoms with Gasteiger partial charge in [0.2, 0.25) is 5.91 Å². The predicted octanol–water partition coefficient (Wildman–Crippen LogP) is 1.79. The van der Waals surface area contributed by atoms with Crippen molar-refractivity contribution in [2.24, 2.45) is 11.1 Å². The van der Waals surface area contributed by atoms with Crippen molar-refractivity contribution in [3.8, 4) is 0 Å². The van der Waals surface area contributed by atoms with Crippen LogP contribution in [-0.4, -0.2) is 25.7 Å². The van der Waals surface area contributed by atoms with Crippen molar-refractivity contribution in [3.05, 3.63) is 35.4 Å². The normalized spacial score (nSPS) is 17.1. The zero-order valence-corrected chi connectivity index (χ0v) is 12.7. The largest absolute Gasteiger partial charge is 0.381 e. The second-order valence-electron chi connectivity index (χ2n) is 5.21. The van der Waals surface area contributed by atoms with Gasteiger partial charge in [0.25, 0.3) is 0 Å². The van der Waals surface area contributed by atoms with Gasteiger partial charge in [-0.2, -0.15) is 0 Å². The van der Waals surface area contributed by atoms with Crippen LogP contribution in [-0.2, 0) is 16.1 Å². The summed E-state index contributed by atoms with van der Waals surface area (Å²) >= 11 is 0. The van der Waals surface area contributed by atoms with Crippen molar-refractivity contribution in [2.45, 2.75) is 26.3 Å². The highest BCUT2D eigenvalue weighted by Crippen LogP contribution is 2.29. The molecule has 3 N–H and O–H groups in total. The molecule has 0 atom stereocenters. The molecule has 0 aromatic heterocycles. The summed E-state index contributed by atoms with van der Waals surface area (Å²) in [5.74, 6) is 0.0570. The highest BCUT2D eigenvalue weighted by atomic mass is 35.5. The lowest BCUT2D eigenvalue weighted by molar-refractivity contribution is -0.136. The van der Waals surface area contributed by atoms with Gasteiger partial charge in [-0.25, -0.2) is 0 Å². The van der Waals surface area contributed by atoms with Crippen molar-refractivity contribution >= 4 is 18.3 Å². The Labute approximate surface area is 126 Å². The predicted molar refractivity (Wildman–Crippen MR) is 81.8 cm³/mol.